The predicted octanol–water partition coefficient (Wildman–Crippen LogP) is 0.908. The molecule has 20 heavy (non-hydrogen) atoms. The molecule has 2 rings (SSSR count). The summed E-state index contributed by atoms with van der Waals surface area (Å²) < 4.78 is 7.16. The molecule has 1 aliphatic rings. The molecule has 112 valence electrons. The van der Waals surface area contributed by atoms with E-state index in [2.05, 4.69) is 10.4 Å². The van der Waals surface area contributed by atoms with Crippen molar-refractivity contribution in [1.29, 1.82) is 0 Å². The number of amides is 1. The Morgan fingerprint density at radius 1 is 1.60 bits per heavy atom. The van der Waals surface area contributed by atoms with Crippen LogP contribution in [0.3, 0.4) is 0 Å². The molecule has 0 aliphatic carbocycles. The average molecular weight is 281 g/mol. The van der Waals surface area contributed by atoms with Crippen LogP contribution in [0.25, 0.3) is 0 Å². The van der Waals surface area contributed by atoms with Crippen LogP contribution in [0.5, 0.6) is 0 Å². The van der Waals surface area contributed by atoms with Gasteiger partial charge in [-0.25, -0.2) is 0 Å². The van der Waals surface area contributed by atoms with Crippen LogP contribution in [-0.2, 0) is 11.3 Å². The number of nitrogens with one attached hydrogen (secondary N) is 1. The maximum Gasteiger partial charge on any atom is 0.255 e. The molecule has 0 radical (unpaired) electrons. The minimum absolute atomic E-state index is 0.0692. The van der Waals surface area contributed by atoms with E-state index >= 15 is 0 Å². The van der Waals surface area contributed by atoms with Crippen molar-refractivity contribution in [1.82, 2.24) is 15.1 Å². The van der Waals surface area contributed by atoms with Gasteiger partial charge in [-0.15, -0.1) is 0 Å². The Balaban J connectivity index is 2.21. The summed E-state index contributed by atoms with van der Waals surface area (Å²) in [5, 5.41) is 16.4. The lowest BCUT2D eigenvalue weighted by Crippen LogP contribution is -2.35. The minimum atomic E-state index is -0.255. The van der Waals surface area contributed by atoms with E-state index in [1.165, 1.54) is 0 Å². The number of hydrogen-bond donors (Lipinski definition) is 2. The molecular formula is C14H23N3O3. The van der Waals surface area contributed by atoms with Crippen LogP contribution in [0.2, 0.25) is 0 Å². The highest BCUT2D eigenvalue weighted by molar-refractivity contribution is 5.95. The minimum Gasteiger partial charge on any atom is -0.394 e. The Hall–Kier alpha value is -1.40. The highest BCUT2D eigenvalue weighted by atomic mass is 16.5. The third kappa shape index (κ3) is 3.37. The summed E-state index contributed by atoms with van der Waals surface area (Å²) in [6.45, 7) is 5.88. The molecule has 6 nitrogen and oxygen atoms in total. The van der Waals surface area contributed by atoms with Gasteiger partial charge in [0, 0.05) is 37.9 Å². The second-order valence-corrected chi connectivity index (χ2v) is 5.23. The zero-order chi connectivity index (χ0) is 14.5. The van der Waals surface area contributed by atoms with Crippen molar-refractivity contribution in [2.75, 3.05) is 19.8 Å². The molecule has 1 atom stereocenters. The van der Waals surface area contributed by atoms with Gasteiger partial charge < -0.3 is 15.2 Å². The fourth-order valence-electron chi connectivity index (χ4n) is 2.39. The first kappa shape index (κ1) is 15.0. The highest BCUT2D eigenvalue weighted by Gasteiger charge is 2.25. The molecule has 6 heteroatoms. The van der Waals surface area contributed by atoms with Gasteiger partial charge in [0.1, 0.15) is 0 Å². The summed E-state index contributed by atoms with van der Waals surface area (Å²) in [7, 11) is 0. The Bertz CT molecular complexity index is 453. The number of carbonyl (C=O) groups is 1. The Morgan fingerprint density at radius 2 is 2.30 bits per heavy atom. The van der Waals surface area contributed by atoms with Crippen molar-refractivity contribution in [3.8, 4) is 0 Å². The van der Waals surface area contributed by atoms with E-state index in [0.717, 1.165) is 38.3 Å². The molecule has 0 spiro atoms. The fraction of sp³-hybridized carbons (Fsp3) is 0.714. The van der Waals surface area contributed by atoms with Crippen molar-refractivity contribution in [2.45, 2.75) is 45.2 Å². The number of ether oxygens (including phenoxy) is 1. The number of rotatable bonds is 5. The zero-order valence-electron chi connectivity index (χ0n) is 12.1. The van der Waals surface area contributed by atoms with Crippen molar-refractivity contribution in [3.63, 3.8) is 0 Å². The highest BCUT2D eigenvalue weighted by Crippen LogP contribution is 2.28. The lowest BCUT2D eigenvalue weighted by atomic mass is 9.94. The van der Waals surface area contributed by atoms with E-state index in [1.807, 2.05) is 6.92 Å². The Labute approximate surface area is 119 Å². The standard InChI is InChI=1S/C14H23N3O3/c1-3-17-8-12(14(19)15-10(2)9-18)13(16-17)11-4-6-20-7-5-11/h8,10-11,18H,3-7,9H2,1-2H3,(H,15,19). The van der Waals surface area contributed by atoms with Gasteiger partial charge in [0.2, 0.25) is 0 Å². The van der Waals surface area contributed by atoms with E-state index in [1.54, 1.807) is 17.8 Å². The van der Waals surface area contributed by atoms with Crippen molar-refractivity contribution in [3.05, 3.63) is 17.5 Å². The summed E-state index contributed by atoms with van der Waals surface area (Å²) in [4.78, 5) is 12.3. The van der Waals surface area contributed by atoms with E-state index in [9.17, 15) is 4.79 Å². The maximum absolute atomic E-state index is 12.3. The summed E-state index contributed by atoms with van der Waals surface area (Å²) >= 11 is 0. The van der Waals surface area contributed by atoms with Crippen LogP contribution in [-0.4, -0.2) is 46.7 Å². The maximum atomic E-state index is 12.3. The van der Waals surface area contributed by atoms with Crippen molar-refractivity contribution >= 4 is 5.91 Å². The number of aliphatic hydroxyl groups is 1. The van der Waals surface area contributed by atoms with Gasteiger partial charge in [-0.3, -0.25) is 9.48 Å². The Kier molecular flexibility index (Phi) is 5.14. The van der Waals surface area contributed by atoms with Crippen LogP contribution < -0.4 is 5.32 Å². The summed E-state index contributed by atoms with van der Waals surface area (Å²) in [6, 6.07) is -0.255. The number of aryl methyl sites for hydroxylation is 1. The van der Waals surface area contributed by atoms with Crippen LogP contribution >= 0.6 is 0 Å². The van der Waals surface area contributed by atoms with Crippen LogP contribution in [0, 0.1) is 0 Å². The van der Waals surface area contributed by atoms with Crippen molar-refractivity contribution in [2.24, 2.45) is 0 Å². The van der Waals surface area contributed by atoms with Gasteiger partial charge in [0.05, 0.1) is 17.9 Å². The van der Waals surface area contributed by atoms with E-state index in [-0.39, 0.29) is 24.5 Å². The smallest absolute Gasteiger partial charge is 0.255 e. The summed E-state index contributed by atoms with van der Waals surface area (Å²) in [5.41, 5.74) is 1.48. The first-order valence-corrected chi connectivity index (χ1v) is 7.22. The second kappa shape index (κ2) is 6.85. The summed E-state index contributed by atoms with van der Waals surface area (Å²) in [5.74, 6) is 0.120. The van der Waals surface area contributed by atoms with E-state index < -0.39 is 0 Å². The lowest BCUT2D eigenvalue weighted by molar-refractivity contribution is 0.0829. The largest absolute Gasteiger partial charge is 0.394 e. The molecule has 1 amide bonds. The number of nitrogens with zero attached hydrogens (tertiary/aromatic N) is 2. The SMILES string of the molecule is CCn1cc(C(=O)NC(C)CO)c(C2CCOCC2)n1. The van der Waals surface area contributed by atoms with Crippen LogP contribution in [0.1, 0.15) is 48.7 Å². The quantitative estimate of drug-likeness (QED) is 0.841. The monoisotopic (exact) mass is 281 g/mol. The van der Waals surface area contributed by atoms with Crippen molar-refractivity contribution < 1.29 is 14.6 Å². The average Bonchev–Trinajstić information content (AvgIpc) is 2.92. The van der Waals surface area contributed by atoms with E-state index in [4.69, 9.17) is 9.84 Å². The normalized spacial score (nSPS) is 17.9. The molecule has 0 aromatic carbocycles. The molecule has 1 aromatic heterocycles. The number of carbonyl (C=O) groups excluding carboxylic acids is 1. The molecule has 1 saturated heterocycles. The topological polar surface area (TPSA) is 76.4 Å². The molecule has 1 unspecified atom stereocenters. The first-order chi connectivity index (χ1) is 9.65. The van der Waals surface area contributed by atoms with Gasteiger partial charge in [-0.05, 0) is 26.7 Å². The number of aromatic nitrogens is 2. The molecule has 1 aliphatic heterocycles. The van der Waals surface area contributed by atoms with Crippen LogP contribution in [0.4, 0.5) is 0 Å². The summed E-state index contributed by atoms with van der Waals surface area (Å²) in [6.07, 6.45) is 3.59. The molecule has 1 fully saturated rings. The molecule has 1 aromatic rings. The fourth-order valence-corrected chi connectivity index (χ4v) is 2.39. The van der Waals surface area contributed by atoms with Gasteiger partial charge in [0.25, 0.3) is 5.91 Å². The lowest BCUT2D eigenvalue weighted by Gasteiger charge is -2.21. The third-order valence-electron chi connectivity index (χ3n) is 3.62. The number of aliphatic hydroxyl groups excluding tert-OH is 1. The zero-order valence-corrected chi connectivity index (χ0v) is 12.1. The molecule has 0 bridgehead atoms. The van der Waals surface area contributed by atoms with Crippen LogP contribution in [0.15, 0.2) is 6.20 Å². The molecule has 2 heterocycles. The van der Waals surface area contributed by atoms with E-state index in [0.29, 0.717) is 5.56 Å². The third-order valence-corrected chi connectivity index (χ3v) is 3.62. The van der Waals surface area contributed by atoms with Gasteiger partial charge in [0.15, 0.2) is 0 Å². The molecule has 0 saturated carbocycles. The first-order valence-electron chi connectivity index (χ1n) is 7.22. The Morgan fingerprint density at radius 3 is 2.90 bits per heavy atom. The molecular weight excluding hydrogens is 258 g/mol. The molecule has 2 N–H and O–H groups in total. The number of hydrogen-bond acceptors (Lipinski definition) is 4. The van der Waals surface area contributed by atoms with Gasteiger partial charge >= 0.3 is 0 Å². The van der Waals surface area contributed by atoms with Gasteiger partial charge in [-0.1, -0.05) is 0 Å². The van der Waals surface area contributed by atoms with Gasteiger partial charge in [-0.2, -0.15) is 5.10 Å². The second-order valence-electron chi connectivity index (χ2n) is 5.23. The predicted molar refractivity (Wildman–Crippen MR) is 74.7 cm³/mol.